The predicted molar refractivity (Wildman–Crippen MR) is 23.5 cm³/mol. The van der Waals surface area contributed by atoms with Crippen LogP contribution >= 0.6 is 0 Å². The maximum absolute atomic E-state index is 0. The van der Waals surface area contributed by atoms with Crippen molar-refractivity contribution in [1.82, 2.24) is 0 Å². The van der Waals surface area contributed by atoms with Gasteiger partial charge >= 0.3 is 39.6 Å². The molecule has 0 aromatic carbocycles. The van der Waals surface area contributed by atoms with Gasteiger partial charge in [-0.2, -0.15) is 0 Å². The Hall–Kier alpha value is 2.48. The number of rotatable bonds is 0. The predicted octanol–water partition coefficient (Wildman–Crippen LogP) is -3.20. The van der Waals surface area contributed by atoms with E-state index in [0.717, 1.165) is 0 Å². The van der Waals surface area contributed by atoms with E-state index in [0.29, 0.717) is 0 Å². The molecule has 24 valence electrons. The third-order valence-electron chi connectivity index (χ3n) is 0. The van der Waals surface area contributed by atoms with Crippen molar-refractivity contribution >= 4 is 39.6 Å². The first-order valence-electron chi connectivity index (χ1n) is 0. The molecule has 0 rings (SSSR count). The van der Waals surface area contributed by atoms with Crippen molar-refractivity contribution in [3.8, 4) is 0 Å². The molecule has 0 saturated carbocycles. The molecule has 0 saturated heterocycles. The van der Waals surface area contributed by atoms with Gasteiger partial charge in [-0.3, -0.25) is 0 Å². The van der Waals surface area contributed by atoms with E-state index in [2.05, 4.69) is 0 Å². The molecule has 0 amide bonds. The third kappa shape index (κ3) is 21.1. The summed E-state index contributed by atoms with van der Waals surface area (Å²) in [5.74, 6) is 0. The Morgan fingerprint density at radius 2 is 0.600 bits per heavy atom. The molecule has 0 aromatic rings. The molecule has 0 aliphatic rings. The monoisotopic (exact) mass is 290 g/mol. The van der Waals surface area contributed by atoms with Crippen LogP contribution in [0.2, 0.25) is 0 Å². The molecule has 2 N–H and O–H groups in total. The van der Waals surface area contributed by atoms with Gasteiger partial charge in [0.1, 0.15) is 0 Å². The molecule has 0 fully saturated rings. The number of hydrogen-bond acceptors (Lipinski definition) is 0. The summed E-state index contributed by atoms with van der Waals surface area (Å²) in [6.45, 7) is 0. The van der Waals surface area contributed by atoms with Crippen LogP contribution in [0.4, 0.5) is 0 Å². The van der Waals surface area contributed by atoms with E-state index < -0.39 is 0 Å². The second-order valence-corrected chi connectivity index (χ2v) is 0. The second-order valence-electron chi connectivity index (χ2n) is 0. The zero-order valence-corrected chi connectivity index (χ0v) is 7.85. The molecule has 0 spiro atoms. The summed E-state index contributed by atoms with van der Waals surface area (Å²) in [4.78, 5) is 0. The third-order valence-corrected chi connectivity index (χ3v) is 0. The first-order chi connectivity index (χ1) is 0. The van der Waals surface area contributed by atoms with Crippen molar-refractivity contribution in [2.45, 2.75) is 0 Å². The molecule has 5 heteroatoms. The van der Waals surface area contributed by atoms with Crippen molar-refractivity contribution in [2.24, 2.45) is 0 Å². The maximum Gasteiger partial charge on any atom is 0 e. The zero-order chi connectivity index (χ0) is 0. The van der Waals surface area contributed by atoms with Gasteiger partial charge in [0, 0.05) is 39.0 Å². The molecule has 0 aliphatic heterocycles. The van der Waals surface area contributed by atoms with Gasteiger partial charge in [-0.1, -0.05) is 0 Å². The quantitative estimate of drug-likeness (QED) is 0.422. The van der Waals surface area contributed by atoms with Gasteiger partial charge < -0.3 is 5.48 Å². The van der Waals surface area contributed by atoms with E-state index in [1.807, 2.05) is 0 Å². The van der Waals surface area contributed by atoms with Gasteiger partial charge in [-0.25, -0.2) is 0 Å². The Kier molecular flexibility index (Phi) is 323. The van der Waals surface area contributed by atoms with E-state index in [9.17, 15) is 0 Å². The van der Waals surface area contributed by atoms with Crippen LogP contribution in [-0.4, -0.2) is 45.1 Å². The average Bonchev–Trinajstić information content (AvgIpc) is 0. The fraction of sp³-hybridized carbons (Fsp3) is 0. The van der Waals surface area contributed by atoms with Gasteiger partial charge in [0.25, 0.3) is 0 Å². The van der Waals surface area contributed by atoms with E-state index in [4.69, 9.17) is 0 Å². The fourth-order valence-corrected chi connectivity index (χ4v) is 0. The molecule has 0 heterocycles. The molecule has 0 aliphatic carbocycles. The van der Waals surface area contributed by atoms with Crippen LogP contribution < -0.4 is 0 Å². The van der Waals surface area contributed by atoms with Gasteiger partial charge in [0.05, 0.1) is 0 Å². The summed E-state index contributed by atoms with van der Waals surface area (Å²) in [6.07, 6.45) is 0. The minimum atomic E-state index is 0. The van der Waals surface area contributed by atoms with E-state index in [1.54, 1.807) is 0 Å². The fourth-order valence-electron chi connectivity index (χ4n) is 0. The molecule has 0 bridgehead atoms. The van der Waals surface area contributed by atoms with Crippen molar-refractivity contribution in [3.05, 3.63) is 0 Å². The summed E-state index contributed by atoms with van der Waals surface area (Å²) in [6, 6.07) is 0. The average molecular weight is 294 g/mol. The Balaban J connectivity index is 0. The van der Waals surface area contributed by atoms with Crippen LogP contribution in [0.3, 0.4) is 0 Å². The standard InChI is InChI=1S/2Ga.H2O.2Zn.6H/h;;1H2;;;;;;;;. The largest absolute Gasteiger partial charge is 0 e. The Morgan fingerprint density at radius 3 is 0.600 bits per heavy atom. The first kappa shape index (κ1) is 51.1. The van der Waals surface area contributed by atoms with Crippen LogP contribution in [-0.2, 0) is 39.0 Å². The van der Waals surface area contributed by atoms with E-state index in [-0.39, 0.29) is 84.0 Å². The molecule has 1 nitrogen and oxygen atoms in total. The van der Waals surface area contributed by atoms with Crippen molar-refractivity contribution in [3.63, 3.8) is 0 Å². The first-order valence-corrected chi connectivity index (χ1v) is 0. The Morgan fingerprint density at radius 1 is 0.600 bits per heavy atom. The minimum absolute atomic E-state index is 0. The van der Waals surface area contributed by atoms with Gasteiger partial charge in [0.15, 0.2) is 0 Å². The normalized spacial score (nSPS) is 0. The van der Waals surface area contributed by atoms with Crippen LogP contribution in [0.5, 0.6) is 0 Å². The maximum atomic E-state index is 0. The van der Waals surface area contributed by atoms with Crippen LogP contribution in [0.1, 0.15) is 0 Å². The summed E-state index contributed by atoms with van der Waals surface area (Å²) in [5.41, 5.74) is 0. The van der Waals surface area contributed by atoms with Crippen LogP contribution in [0.15, 0.2) is 0 Å². The van der Waals surface area contributed by atoms with Crippen LogP contribution in [0.25, 0.3) is 0 Å². The summed E-state index contributed by atoms with van der Waals surface area (Å²) >= 11 is 0. The van der Waals surface area contributed by atoms with E-state index in [1.165, 1.54) is 0 Å². The van der Waals surface area contributed by atoms with Gasteiger partial charge in [0.2, 0.25) is 0 Å². The zero-order valence-electron chi connectivity index (χ0n) is 1.91. The number of hydrogen-bond donors (Lipinski definition) is 0. The Bertz CT molecular complexity index is 7.61. The summed E-state index contributed by atoms with van der Waals surface area (Å²) in [7, 11) is 0. The molecule has 0 aromatic heterocycles. The van der Waals surface area contributed by atoms with Gasteiger partial charge in [-0.05, 0) is 0 Å². The van der Waals surface area contributed by atoms with Gasteiger partial charge in [-0.15, -0.1) is 0 Å². The molecule has 0 radical (unpaired) electrons. The molecular formula is H8Ga2OZn2. The Labute approximate surface area is 83.0 Å². The molecular weight excluding hydrogens is 286 g/mol. The molecule has 0 atom stereocenters. The summed E-state index contributed by atoms with van der Waals surface area (Å²) in [5, 5.41) is 0. The van der Waals surface area contributed by atoms with Crippen LogP contribution in [0, 0.1) is 0 Å². The SMILES string of the molecule is O.[GaH3].[GaH3].[Zn].[Zn]. The second kappa shape index (κ2) is 31.6. The van der Waals surface area contributed by atoms with Crippen molar-refractivity contribution in [2.75, 3.05) is 0 Å². The van der Waals surface area contributed by atoms with E-state index >= 15 is 0 Å². The van der Waals surface area contributed by atoms with Crippen molar-refractivity contribution in [1.29, 1.82) is 0 Å². The summed E-state index contributed by atoms with van der Waals surface area (Å²) < 4.78 is 0. The smallest absolute Gasteiger partial charge is 0 e. The molecule has 5 heavy (non-hydrogen) atoms. The van der Waals surface area contributed by atoms with Crippen molar-refractivity contribution < 1.29 is 44.4 Å². The molecule has 0 unspecified atom stereocenters. The minimum Gasteiger partial charge on any atom is 0 e. The topological polar surface area (TPSA) is 31.5 Å².